The number of hydrogen-bond acceptors (Lipinski definition) is 2. The van der Waals surface area contributed by atoms with Gasteiger partial charge < -0.3 is 10.8 Å². The SMILES string of the molecule is NCC=Cc1cc(Br)c(O)c(Br)c1. The molecule has 0 aliphatic rings. The average Bonchev–Trinajstić information content (AvgIpc) is 2.10. The Kier molecular flexibility index (Phi) is 3.96. The maximum absolute atomic E-state index is 9.41. The fourth-order valence-electron chi connectivity index (χ4n) is 0.885. The number of halogens is 2. The summed E-state index contributed by atoms with van der Waals surface area (Å²) in [6.07, 6.45) is 3.75. The van der Waals surface area contributed by atoms with Crippen LogP contribution in [0.4, 0.5) is 0 Å². The second-order valence-electron chi connectivity index (χ2n) is 2.47. The Labute approximate surface area is 93.7 Å². The lowest BCUT2D eigenvalue weighted by Crippen LogP contribution is -1.91. The first-order valence-electron chi connectivity index (χ1n) is 3.69. The maximum atomic E-state index is 9.41. The van der Waals surface area contributed by atoms with Crippen LogP contribution in [0.2, 0.25) is 0 Å². The van der Waals surface area contributed by atoms with Crippen LogP contribution in [0.5, 0.6) is 5.75 Å². The van der Waals surface area contributed by atoms with Crippen molar-refractivity contribution in [3.63, 3.8) is 0 Å². The lowest BCUT2D eigenvalue weighted by molar-refractivity contribution is 0.468. The van der Waals surface area contributed by atoms with Gasteiger partial charge in [0.15, 0.2) is 0 Å². The van der Waals surface area contributed by atoms with Crippen molar-refractivity contribution in [2.75, 3.05) is 6.54 Å². The zero-order valence-electron chi connectivity index (χ0n) is 6.80. The van der Waals surface area contributed by atoms with Crippen LogP contribution >= 0.6 is 31.9 Å². The highest BCUT2D eigenvalue weighted by molar-refractivity contribution is 9.11. The first-order chi connectivity index (χ1) is 6.15. The molecule has 0 atom stereocenters. The topological polar surface area (TPSA) is 46.2 Å². The van der Waals surface area contributed by atoms with E-state index in [1.165, 1.54) is 0 Å². The van der Waals surface area contributed by atoms with Gasteiger partial charge in [0.05, 0.1) is 8.95 Å². The summed E-state index contributed by atoms with van der Waals surface area (Å²) in [5, 5.41) is 9.41. The molecule has 3 N–H and O–H groups in total. The number of hydrogen-bond donors (Lipinski definition) is 2. The van der Waals surface area contributed by atoms with Crippen molar-refractivity contribution in [1.29, 1.82) is 0 Å². The first-order valence-corrected chi connectivity index (χ1v) is 5.28. The highest BCUT2D eigenvalue weighted by atomic mass is 79.9. The van der Waals surface area contributed by atoms with Gasteiger partial charge in [-0.05, 0) is 49.6 Å². The Morgan fingerprint density at radius 2 is 1.85 bits per heavy atom. The standard InChI is InChI=1S/C9H9Br2NO/c10-7-4-6(2-1-3-12)5-8(11)9(7)13/h1-2,4-5,13H,3,12H2. The van der Waals surface area contributed by atoms with Gasteiger partial charge >= 0.3 is 0 Å². The van der Waals surface area contributed by atoms with Crippen molar-refractivity contribution in [3.05, 3.63) is 32.7 Å². The van der Waals surface area contributed by atoms with Crippen molar-refractivity contribution >= 4 is 37.9 Å². The van der Waals surface area contributed by atoms with Gasteiger partial charge in [-0.2, -0.15) is 0 Å². The predicted octanol–water partition coefficient (Wildman–Crippen LogP) is 2.89. The molecule has 0 unspecified atom stereocenters. The minimum Gasteiger partial charge on any atom is -0.506 e. The van der Waals surface area contributed by atoms with E-state index >= 15 is 0 Å². The molecule has 0 aliphatic heterocycles. The van der Waals surface area contributed by atoms with Crippen LogP contribution in [0.1, 0.15) is 5.56 Å². The van der Waals surface area contributed by atoms with Gasteiger partial charge in [-0.3, -0.25) is 0 Å². The number of phenolic OH excluding ortho intramolecular Hbond substituents is 1. The number of nitrogens with two attached hydrogens (primary N) is 1. The molecule has 13 heavy (non-hydrogen) atoms. The van der Waals surface area contributed by atoms with E-state index < -0.39 is 0 Å². The molecule has 0 amide bonds. The molecule has 0 fully saturated rings. The number of rotatable bonds is 2. The fraction of sp³-hybridized carbons (Fsp3) is 0.111. The molecule has 0 aromatic heterocycles. The van der Waals surface area contributed by atoms with Crippen molar-refractivity contribution in [2.24, 2.45) is 5.73 Å². The number of benzene rings is 1. The van der Waals surface area contributed by atoms with Gasteiger partial charge in [-0.25, -0.2) is 0 Å². The first kappa shape index (κ1) is 10.8. The van der Waals surface area contributed by atoms with Crippen molar-refractivity contribution in [3.8, 4) is 5.75 Å². The summed E-state index contributed by atoms with van der Waals surface area (Å²) in [4.78, 5) is 0. The minimum atomic E-state index is 0.213. The van der Waals surface area contributed by atoms with Crippen LogP contribution in [0, 0.1) is 0 Å². The van der Waals surface area contributed by atoms with E-state index in [0.29, 0.717) is 15.5 Å². The van der Waals surface area contributed by atoms with Gasteiger partial charge in [0.2, 0.25) is 0 Å². The van der Waals surface area contributed by atoms with Crippen LogP contribution in [0.15, 0.2) is 27.2 Å². The monoisotopic (exact) mass is 305 g/mol. The smallest absolute Gasteiger partial charge is 0.143 e. The summed E-state index contributed by atoms with van der Waals surface area (Å²) >= 11 is 6.49. The molecule has 0 heterocycles. The Bertz CT molecular complexity index is 313. The molecule has 0 saturated heterocycles. The largest absolute Gasteiger partial charge is 0.506 e. The van der Waals surface area contributed by atoms with Crippen LogP contribution in [0.3, 0.4) is 0 Å². The molecule has 4 heteroatoms. The van der Waals surface area contributed by atoms with E-state index in [4.69, 9.17) is 5.73 Å². The molecule has 0 radical (unpaired) electrons. The van der Waals surface area contributed by atoms with Crippen LogP contribution < -0.4 is 5.73 Å². The van der Waals surface area contributed by atoms with Crippen LogP contribution in [-0.4, -0.2) is 11.7 Å². The molecule has 0 bridgehead atoms. The van der Waals surface area contributed by atoms with Gasteiger partial charge in [-0.1, -0.05) is 12.2 Å². The average molecular weight is 307 g/mol. The van der Waals surface area contributed by atoms with E-state index in [9.17, 15) is 5.11 Å². The molecule has 1 rings (SSSR count). The van der Waals surface area contributed by atoms with E-state index in [-0.39, 0.29) is 5.75 Å². The second-order valence-corrected chi connectivity index (χ2v) is 4.18. The third kappa shape index (κ3) is 2.83. The summed E-state index contributed by atoms with van der Waals surface area (Å²) in [6, 6.07) is 3.65. The summed E-state index contributed by atoms with van der Waals surface area (Å²) in [7, 11) is 0. The molecular weight excluding hydrogens is 298 g/mol. The normalized spacial score (nSPS) is 11.0. The quantitative estimate of drug-likeness (QED) is 0.882. The lowest BCUT2D eigenvalue weighted by Gasteiger charge is -2.01. The van der Waals surface area contributed by atoms with Gasteiger partial charge in [0, 0.05) is 6.54 Å². The molecular formula is C9H9Br2NO. The molecule has 0 saturated carbocycles. The Morgan fingerprint density at radius 1 is 1.31 bits per heavy atom. The van der Waals surface area contributed by atoms with Crippen molar-refractivity contribution in [2.45, 2.75) is 0 Å². The summed E-state index contributed by atoms with van der Waals surface area (Å²) in [5.74, 6) is 0.213. The van der Waals surface area contributed by atoms with E-state index in [1.54, 1.807) is 0 Å². The summed E-state index contributed by atoms with van der Waals surface area (Å²) in [5.41, 5.74) is 6.31. The molecule has 0 aliphatic carbocycles. The second kappa shape index (κ2) is 4.79. The Hall–Kier alpha value is -0.320. The summed E-state index contributed by atoms with van der Waals surface area (Å²) in [6.45, 7) is 0.510. The molecule has 1 aromatic carbocycles. The van der Waals surface area contributed by atoms with Crippen molar-refractivity contribution in [1.82, 2.24) is 0 Å². The van der Waals surface area contributed by atoms with E-state index in [2.05, 4.69) is 31.9 Å². The van der Waals surface area contributed by atoms with Crippen molar-refractivity contribution < 1.29 is 5.11 Å². The lowest BCUT2D eigenvalue weighted by atomic mass is 10.2. The summed E-state index contributed by atoms with van der Waals surface area (Å²) < 4.78 is 1.33. The maximum Gasteiger partial charge on any atom is 0.143 e. The number of aromatic hydroxyl groups is 1. The third-order valence-corrected chi connectivity index (χ3v) is 2.69. The van der Waals surface area contributed by atoms with Crippen LogP contribution in [-0.2, 0) is 0 Å². The molecule has 0 spiro atoms. The van der Waals surface area contributed by atoms with Gasteiger partial charge in [0.25, 0.3) is 0 Å². The molecule has 70 valence electrons. The van der Waals surface area contributed by atoms with E-state index in [0.717, 1.165) is 5.56 Å². The molecule has 2 nitrogen and oxygen atoms in total. The Morgan fingerprint density at radius 3 is 2.31 bits per heavy atom. The van der Waals surface area contributed by atoms with E-state index in [1.807, 2.05) is 24.3 Å². The Balaban J connectivity index is 3.06. The fourth-order valence-corrected chi connectivity index (χ4v) is 2.11. The predicted molar refractivity (Wildman–Crippen MR) is 61.6 cm³/mol. The molecule has 1 aromatic rings. The highest BCUT2D eigenvalue weighted by Gasteiger charge is 2.03. The zero-order chi connectivity index (χ0) is 9.84. The number of phenols is 1. The van der Waals surface area contributed by atoms with Crippen LogP contribution in [0.25, 0.3) is 6.08 Å². The zero-order valence-corrected chi connectivity index (χ0v) is 9.97. The van der Waals surface area contributed by atoms with Gasteiger partial charge in [0.1, 0.15) is 5.75 Å². The highest BCUT2D eigenvalue weighted by Crippen LogP contribution is 2.33. The van der Waals surface area contributed by atoms with Gasteiger partial charge in [-0.15, -0.1) is 0 Å². The third-order valence-electron chi connectivity index (χ3n) is 1.49. The minimum absolute atomic E-state index is 0.213.